The molecule has 0 aliphatic carbocycles. The molecule has 0 saturated heterocycles. The first-order valence-corrected chi connectivity index (χ1v) is 10.5. The minimum Gasteiger partial charge on any atom is -0.493 e. The Morgan fingerprint density at radius 2 is 2.03 bits per heavy atom. The van der Waals surface area contributed by atoms with Gasteiger partial charge in [0.1, 0.15) is 10.8 Å². The Kier molecular flexibility index (Phi) is 11.5. The van der Waals surface area contributed by atoms with E-state index in [1.165, 1.54) is 0 Å². The van der Waals surface area contributed by atoms with Crippen molar-refractivity contribution >= 4 is 47.0 Å². The third-order valence-electron chi connectivity index (χ3n) is 3.90. The van der Waals surface area contributed by atoms with Crippen molar-refractivity contribution in [2.24, 2.45) is 4.99 Å². The van der Waals surface area contributed by atoms with Gasteiger partial charge in [0, 0.05) is 49.2 Å². The van der Waals surface area contributed by atoms with Crippen LogP contribution in [-0.4, -0.2) is 37.8 Å². The zero-order valence-corrected chi connectivity index (χ0v) is 21.1. The SMILES string of the molecule is CCNC(=NCc1nc(C(C)(C)C)cs1)Nc1cccc(OCCCOC)c1.I. The van der Waals surface area contributed by atoms with E-state index in [0.29, 0.717) is 19.8 Å². The van der Waals surface area contributed by atoms with Crippen molar-refractivity contribution in [2.45, 2.75) is 46.1 Å². The largest absolute Gasteiger partial charge is 0.493 e. The first-order valence-electron chi connectivity index (χ1n) is 9.64. The zero-order valence-electron chi connectivity index (χ0n) is 17.9. The highest BCUT2D eigenvalue weighted by molar-refractivity contribution is 14.0. The van der Waals surface area contributed by atoms with Crippen LogP contribution in [0.4, 0.5) is 5.69 Å². The number of halogens is 1. The van der Waals surface area contributed by atoms with E-state index in [2.05, 4.69) is 41.8 Å². The minimum atomic E-state index is 0. The molecule has 0 aliphatic heterocycles. The van der Waals surface area contributed by atoms with Crippen molar-refractivity contribution in [1.29, 1.82) is 0 Å². The normalized spacial score (nSPS) is 11.7. The number of hydrogen-bond donors (Lipinski definition) is 2. The number of methoxy groups -OCH3 is 1. The maximum absolute atomic E-state index is 5.77. The van der Waals surface area contributed by atoms with E-state index >= 15 is 0 Å². The summed E-state index contributed by atoms with van der Waals surface area (Å²) in [7, 11) is 1.70. The van der Waals surface area contributed by atoms with Crippen LogP contribution in [0.1, 0.15) is 44.8 Å². The number of rotatable bonds is 9. The molecule has 0 saturated carbocycles. The van der Waals surface area contributed by atoms with E-state index in [0.717, 1.165) is 41.1 Å². The topological polar surface area (TPSA) is 67.8 Å². The Morgan fingerprint density at radius 3 is 2.69 bits per heavy atom. The fraction of sp³-hybridized carbons (Fsp3) is 0.524. The minimum absolute atomic E-state index is 0. The van der Waals surface area contributed by atoms with Gasteiger partial charge in [-0.15, -0.1) is 35.3 Å². The summed E-state index contributed by atoms with van der Waals surface area (Å²) in [5.74, 6) is 1.55. The van der Waals surface area contributed by atoms with Crippen LogP contribution in [0, 0.1) is 0 Å². The summed E-state index contributed by atoms with van der Waals surface area (Å²) in [4.78, 5) is 9.38. The van der Waals surface area contributed by atoms with Gasteiger partial charge in [0.15, 0.2) is 5.96 Å². The first kappa shape index (κ1) is 25.6. The van der Waals surface area contributed by atoms with Gasteiger partial charge in [-0.05, 0) is 19.1 Å². The van der Waals surface area contributed by atoms with Crippen molar-refractivity contribution in [3.63, 3.8) is 0 Å². The van der Waals surface area contributed by atoms with Crippen molar-refractivity contribution < 1.29 is 9.47 Å². The number of anilines is 1. The third-order valence-corrected chi connectivity index (χ3v) is 4.73. The number of guanidine groups is 1. The van der Waals surface area contributed by atoms with Gasteiger partial charge >= 0.3 is 0 Å². The highest BCUT2D eigenvalue weighted by atomic mass is 127. The summed E-state index contributed by atoms with van der Waals surface area (Å²) in [6, 6.07) is 7.89. The lowest BCUT2D eigenvalue weighted by Crippen LogP contribution is -2.30. The van der Waals surface area contributed by atoms with Crippen LogP contribution in [0.15, 0.2) is 34.6 Å². The maximum Gasteiger partial charge on any atom is 0.196 e. The molecule has 8 heteroatoms. The van der Waals surface area contributed by atoms with Crippen LogP contribution in [0.2, 0.25) is 0 Å². The predicted octanol–water partition coefficient (Wildman–Crippen LogP) is 5.05. The van der Waals surface area contributed by atoms with E-state index in [-0.39, 0.29) is 29.4 Å². The van der Waals surface area contributed by atoms with Gasteiger partial charge in [-0.2, -0.15) is 0 Å². The molecule has 0 bridgehead atoms. The number of thiazole rings is 1. The Labute approximate surface area is 195 Å². The molecule has 1 heterocycles. The number of aliphatic imine (C=N–C) groups is 1. The number of ether oxygens (including phenoxy) is 2. The second-order valence-electron chi connectivity index (χ2n) is 7.42. The van der Waals surface area contributed by atoms with Crippen LogP contribution in [0.25, 0.3) is 0 Å². The molecule has 0 fully saturated rings. The van der Waals surface area contributed by atoms with Crippen LogP contribution in [0.5, 0.6) is 5.75 Å². The Balaban J connectivity index is 0.00000420. The highest BCUT2D eigenvalue weighted by Crippen LogP contribution is 2.24. The molecule has 0 radical (unpaired) electrons. The fourth-order valence-corrected chi connectivity index (χ4v) is 3.32. The van der Waals surface area contributed by atoms with Crippen LogP contribution in [-0.2, 0) is 16.7 Å². The molecule has 29 heavy (non-hydrogen) atoms. The average Bonchev–Trinajstić information content (AvgIpc) is 3.13. The van der Waals surface area contributed by atoms with E-state index < -0.39 is 0 Å². The molecule has 1 aromatic carbocycles. The summed E-state index contributed by atoms with van der Waals surface area (Å²) in [6.45, 7) is 11.2. The monoisotopic (exact) mass is 532 g/mol. The molecule has 0 atom stereocenters. The van der Waals surface area contributed by atoms with Gasteiger partial charge < -0.3 is 20.1 Å². The van der Waals surface area contributed by atoms with Crippen molar-refractivity contribution in [2.75, 3.05) is 32.2 Å². The molecular formula is C21H33IN4O2S. The van der Waals surface area contributed by atoms with Gasteiger partial charge in [-0.25, -0.2) is 9.98 Å². The van der Waals surface area contributed by atoms with E-state index in [4.69, 9.17) is 14.5 Å². The van der Waals surface area contributed by atoms with Crippen LogP contribution < -0.4 is 15.4 Å². The molecular weight excluding hydrogens is 499 g/mol. The summed E-state index contributed by atoms with van der Waals surface area (Å²) in [6.07, 6.45) is 0.864. The third kappa shape index (κ3) is 9.31. The van der Waals surface area contributed by atoms with Crippen molar-refractivity contribution in [3.8, 4) is 5.75 Å². The van der Waals surface area contributed by atoms with Crippen LogP contribution in [0.3, 0.4) is 0 Å². The molecule has 0 amide bonds. The molecule has 0 aliphatic rings. The van der Waals surface area contributed by atoms with Gasteiger partial charge in [0.05, 0.1) is 18.8 Å². The number of nitrogens with zero attached hydrogens (tertiary/aromatic N) is 2. The summed E-state index contributed by atoms with van der Waals surface area (Å²) < 4.78 is 10.8. The maximum atomic E-state index is 5.77. The zero-order chi connectivity index (χ0) is 20.4. The number of hydrogen-bond acceptors (Lipinski definition) is 5. The standard InChI is InChI=1S/C21H32N4O2S.HI/c1-6-22-20(23-14-19-25-18(15-28-19)21(2,3)4)24-16-9-7-10-17(13-16)27-12-8-11-26-5;/h7,9-10,13,15H,6,8,11-12,14H2,1-5H3,(H2,22,23,24);1H. The molecule has 2 N–H and O–H groups in total. The lowest BCUT2D eigenvalue weighted by molar-refractivity contribution is 0.172. The lowest BCUT2D eigenvalue weighted by Gasteiger charge is -2.14. The molecule has 0 spiro atoms. The fourth-order valence-electron chi connectivity index (χ4n) is 2.38. The summed E-state index contributed by atoms with van der Waals surface area (Å²) in [5.41, 5.74) is 2.10. The smallest absolute Gasteiger partial charge is 0.196 e. The number of nitrogens with one attached hydrogen (secondary N) is 2. The van der Waals surface area contributed by atoms with E-state index in [9.17, 15) is 0 Å². The molecule has 162 valence electrons. The van der Waals surface area contributed by atoms with E-state index in [1.54, 1.807) is 18.4 Å². The molecule has 2 aromatic rings. The lowest BCUT2D eigenvalue weighted by atomic mass is 9.93. The van der Waals surface area contributed by atoms with Crippen LogP contribution >= 0.6 is 35.3 Å². The summed E-state index contributed by atoms with van der Waals surface area (Å²) in [5, 5.41) is 9.75. The summed E-state index contributed by atoms with van der Waals surface area (Å²) >= 11 is 1.65. The second-order valence-corrected chi connectivity index (χ2v) is 8.36. The van der Waals surface area contributed by atoms with Crippen molar-refractivity contribution in [1.82, 2.24) is 10.3 Å². The number of aromatic nitrogens is 1. The van der Waals surface area contributed by atoms with Gasteiger partial charge in [-0.1, -0.05) is 26.8 Å². The Hall–Kier alpha value is -1.39. The second kappa shape index (κ2) is 13.0. The molecule has 2 rings (SSSR count). The molecule has 0 unspecified atom stereocenters. The highest BCUT2D eigenvalue weighted by Gasteiger charge is 2.17. The Morgan fingerprint density at radius 1 is 1.24 bits per heavy atom. The molecule has 6 nitrogen and oxygen atoms in total. The van der Waals surface area contributed by atoms with Crippen molar-refractivity contribution in [3.05, 3.63) is 40.3 Å². The molecule has 1 aromatic heterocycles. The van der Waals surface area contributed by atoms with Gasteiger partial charge in [0.2, 0.25) is 0 Å². The first-order chi connectivity index (χ1) is 13.4. The van der Waals surface area contributed by atoms with Gasteiger partial charge in [0.25, 0.3) is 0 Å². The van der Waals surface area contributed by atoms with E-state index in [1.807, 2.05) is 31.2 Å². The predicted molar refractivity (Wildman–Crippen MR) is 133 cm³/mol. The van der Waals surface area contributed by atoms with Gasteiger partial charge in [-0.3, -0.25) is 0 Å². The number of benzene rings is 1. The quantitative estimate of drug-likeness (QED) is 0.205. The Bertz CT molecular complexity index is 759. The average molecular weight is 532 g/mol.